The van der Waals surface area contributed by atoms with E-state index in [0.29, 0.717) is 12.4 Å². The van der Waals surface area contributed by atoms with Crippen molar-refractivity contribution in [2.24, 2.45) is 16.5 Å². The van der Waals surface area contributed by atoms with Crippen LogP contribution in [0.3, 0.4) is 0 Å². The predicted molar refractivity (Wildman–Crippen MR) is 58.8 cm³/mol. The molecule has 1 aromatic heterocycles. The number of furan rings is 1. The van der Waals surface area contributed by atoms with Gasteiger partial charge in [0.2, 0.25) is 5.96 Å². The number of nitrogens with zero attached hydrogens (tertiary/aromatic N) is 1. The minimum absolute atomic E-state index is 0.274. The number of nitrogens with two attached hydrogens (primary N) is 2. The van der Waals surface area contributed by atoms with Crippen LogP contribution in [-0.4, -0.2) is 24.9 Å². The minimum atomic E-state index is -0.274. The first-order valence-electron chi connectivity index (χ1n) is 4.57. The Labute approximate surface area is 87.9 Å². The zero-order valence-corrected chi connectivity index (χ0v) is 8.36. The molecule has 0 fully saturated rings. The highest BCUT2D eigenvalue weighted by atomic mass is 16.3. The first-order chi connectivity index (χ1) is 7.18. The van der Waals surface area contributed by atoms with Crippen LogP contribution >= 0.6 is 0 Å². The normalized spacial score (nSPS) is 11.6. The monoisotopic (exact) mass is 209 g/mol. The average molecular weight is 209 g/mol. The lowest BCUT2D eigenvalue weighted by molar-refractivity contribution is 0.563. The quantitative estimate of drug-likeness (QED) is 0.302. The summed E-state index contributed by atoms with van der Waals surface area (Å²) in [6.45, 7) is 1.20. The zero-order valence-electron chi connectivity index (χ0n) is 8.36. The Bertz CT molecular complexity index is 330. The van der Waals surface area contributed by atoms with Gasteiger partial charge < -0.3 is 21.2 Å². The van der Waals surface area contributed by atoms with Gasteiger partial charge in [0.05, 0.1) is 19.1 Å². The maximum Gasteiger partial charge on any atom is 0.214 e. The fourth-order valence-electron chi connectivity index (χ4n) is 1.08. The summed E-state index contributed by atoms with van der Waals surface area (Å²) in [5.74, 6) is 0.0406. The van der Waals surface area contributed by atoms with Gasteiger partial charge in [-0.3, -0.25) is 5.41 Å². The molecule has 6 nitrogen and oxygen atoms in total. The number of aliphatic imine (C=N–C) groups is 1. The van der Waals surface area contributed by atoms with E-state index in [9.17, 15) is 0 Å². The molecule has 0 aliphatic rings. The number of nitrogens with one attached hydrogen (secondary N) is 2. The molecule has 0 aromatic carbocycles. The van der Waals surface area contributed by atoms with E-state index in [2.05, 4.69) is 10.3 Å². The molecule has 0 amide bonds. The molecule has 1 heterocycles. The molecule has 0 saturated heterocycles. The summed E-state index contributed by atoms with van der Waals surface area (Å²) in [7, 11) is 0. The molecule has 0 spiro atoms. The van der Waals surface area contributed by atoms with Crippen LogP contribution < -0.4 is 16.8 Å². The highest BCUT2D eigenvalue weighted by Crippen LogP contribution is 1.99. The van der Waals surface area contributed by atoms with Crippen molar-refractivity contribution in [3.05, 3.63) is 24.2 Å². The molecule has 1 aromatic rings. The molecule has 6 N–H and O–H groups in total. The predicted octanol–water partition coefficient (Wildman–Crippen LogP) is -0.338. The lowest BCUT2D eigenvalue weighted by Gasteiger charge is -2.02. The van der Waals surface area contributed by atoms with Crippen LogP contribution in [0.2, 0.25) is 0 Å². The van der Waals surface area contributed by atoms with Gasteiger partial charge >= 0.3 is 0 Å². The first kappa shape index (κ1) is 11.3. The molecule has 6 heteroatoms. The van der Waals surface area contributed by atoms with Gasteiger partial charge in [-0.1, -0.05) is 0 Å². The second kappa shape index (κ2) is 5.82. The standard InChI is InChI=1S/C9H15N5O/c10-8(14-9(11)12)5-13-3-1-7-2-4-15-6-7/h2,4,6,13H,1,3,5H2,(H5,10,11,12,14). The van der Waals surface area contributed by atoms with Crippen molar-refractivity contribution in [2.75, 3.05) is 13.1 Å². The van der Waals surface area contributed by atoms with Crippen molar-refractivity contribution in [1.82, 2.24) is 5.32 Å². The van der Waals surface area contributed by atoms with E-state index in [1.807, 2.05) is 6.07 Å². The number of hydrogen-bond donors (Lipinski definition) is 4. The molecule has 0 aliphatic heterocycles. The molecule has 0 radical (unpaired) electrons. The van der Waals surface area contributed by atoms with Crippen LogP contribution in [0.1, 0.15) is 5.56 Å². The van der Waals surface area contributed by atoms with Crippen molar-refractivity contribution in [1.29, 1.82) is 5.41 Å². The second-order valence-corrected chi connectivity index (χ2v) is 3.05. The largest absolute Gasteiger partial charge is 0.472 e. The van der Waals surface area contributed by atoms with Crippen LogP contribution in [0.4, 0.5) is 0 Å². The van der Waals surface area contributed by atoms with E-state index in [0.717, 1.165) is 18.5 Å². The lowest BCUT2D eigenvalue weighted by Crippen LogP contribution is -2.31. The van der Waals surface area contributed by atoms with Gasteiger partial charge in [0.25, 0.3) is 0 Å². The summed E-state index contributed by atoms with van der Waals surface area (Å²) < 4.78 is 4.92. The maximum absolute atomic E-state index is 6.89. The van der Waals surface area contributed by atoms with Crippen LogP contribution in [0.25, 0.3) is 0 Å². The zero-order chi connectivity index (χ0) is 11.1. The summed E-state index contributed by atoms with van der Waals surface area (Å²) in [6, 6.07) is 1.91. The molecule has 0 saturated carbocycles. The fourth-order valence-corrected chi connectivity index (χ4v) is 1.08. The second-order valence-electron chi connectivity index (χ2n) is 3.05. The topological polar surface area (TPSA) is 113 Å². The maximum atomic E-state index is 6.89. The van der Waals surface area contributed by atoms with Gasteiger partial charge in [0.1, 0.15) is 5.84 Å². The molecule has 0 aliphatic carbocycles. The van der Waals surface area contributed by atoms with Gasteiger partial charge in [-0.15, -0.1) is 0 Å². The molecular weight excluding hydrogens is 194 g/mol. The Hall–Kier alpha value is -1.82. The van der Waals surface area contributed by atoms with Crippen LogP contribution in [0, 0.1) is 5.41 Å². The summed E-state index contributed by atoms with van der Waals surface area (Å²) >= 11 is 0. The fraction of sp³-hybridized carbons (Fsp3) is 0.333. The Morgan fingerprint density at radius 3 is 2.93 bits per heavy atom. The molecular formula is C9H15N5O. The highest BCUT2D eigenvalue weighted by Gasteiger charge is 1.95. The molecule has 1 rings (SSSR count). The minimum Gasteiger partial charge on any atom is -0.472 e. The van der Waals surface area contributed by atoms with Gasteiger partial charge in [0, 0.05) is 0 Å². The smallest absolute Gasteiger partial charge is 0.214 e. The highest BCUT2D eigenvalue weighted by molar-refractivity contribution is 5.94. The summed E-state index contributed by atoms with van der Waals surface area (Å²) in [5, 5.41) is 9.97. The van der Waals surface area contributed by atoms with E-state index in [1.165, 1.54) is 0 Å². The molecule has 0 bridgehead atoms. The van der Waals surface area contributed by atoms with Crippen LogP contribution in [0.5, 0.6) is 0 Å². The number of rotatable bonds is 5. The first-order valence-corrected chi connectivity index (χ1v) is 4.57. The van der Waals surface area contributed by atoms with E-state index in [4.69, 9.17) is 21.3 Å². The number of guanidine groups is 1. The Balaban J connectivity index is 2.14. The Kier molecular flexibility index (Phi) is 4.36. The summed E-state index contributed by atoms with van der Waals surface area (Å²) in [6.07, 6.45) is 4.21. The van der Waals surface area contributed by atoms with Gasteiger partial charge in [-0.05, 0) is 24.6 Å². The molecule has 15 heavy (non-hydrogen) atoms. The van der Waals surface area contributed by atoms with Crippen LogP contribution in [-0.2, 0) is 6.42 Å². The number of amidine groups is 1. The summed E-state index contributed by atoms with van der Waals surface area (Å²) in [4.78, 5) is 3.59. The third-order valence-corrected chi connectivity index (χ3v) is 1.74. The van der Waals surface area contributed by atoms with Crippen molar-refractivity contribution in [3.8, 4) is 0 Å². The molecule has 0 atom stereocenters. The van der Waals surface area contributed by atoms with E-state index < -0.39 is 0 Å². The van der Waals surface area contributed by atoms with Crippen LogP contribution in [0.15, 0.2) is 28.0 Å². The Morgan fingerprint density at radius 2 is 2.33 bits per heavy atom. The summed E-state index contributed by atoms with van der Waals surface area (Å²) in [5.41, 5.74) is 11.7. The average Bonchev–Trinajstić information content (AvgIpc) is 2.63. The molecule has 0 unspecified atom stereocenters. The van der Waals surface area contributed by atoms with E-state index >= 15 is 0 Å². The third-order valence-electron chi connectivity index (χ3n) is 1.74. The lowest BCUT2D eigenvalue weighted by atomic mass is 10.2. The van der Waals surface area contributed by atoms with Crippen molar-refractivity contribution in [3.63, 3.8) is 0 Å². The van der Waals surface area contributed by atoms with Gasteiger partial charge in [-0.2, -0.15) is 4.99 Å². The third kappa shape index (κ3) is 4.82. The number of hydrogen-bond acceptors (Lipinski definition) is 3. The van der Waals surface area contributed by atoms with Gasteiger partial charge in [-0.25, -0.2) is 0 Å². The molecule has 82 valence electrons. The van der Waals surface area contributed by atoms with Crippen molar-refractivity contribution in [2.45, 2.75) is 6.42 Å². The van der Waals surface area contributed by atoms with E-state index in [-0.39, 0.29) is 5.96 Å². The van der Waals surface area contributed by atoms with Crippen molar-refractivity contribution >= 4 is 11.8 Å². The Morgan fingerprint density at radius 1 is 1.53 bits per heavy atom. The SMILES string of the molecule is N=C(N)/N=C(\N)CNCCc1ccoc1. The van der Waals surface area contributed by atoms with E-state index in [1.54, 1.807) is 12.5 Å². The van der Waals surface area contributed by atoms with Crippen molar-refractivity contribution < 1.29 is 4.42 Å². The van der Waals surface area contributed by atoms with Gasteiger partial charge in [0.15, 0.2) is 0 Å².